The molecule has 1 aromatic carbocycles. The van der Waals surface area contributed by atoms with Crippen LogP contribution in [-0.2, 0) is 9.59 Å². The monoisotopic (exact) mass is 276 g/mol. The van der Waals surface area contributed by atoms with Crippen molar-refractivity contribution in [2.45, 2.75) is 32.7 Å². The van der Waals surface area contributed by atoms with Crippen LogP contribution >= 0.6 is 0 Å². The minimum atomic E-state index is -0.883. The molecule has 1 unspecified atom stereocenters. The zero-order valence-electron chi connectivity index (χ0n) is 11.8. The maximum absolute atomic E-state index is 11.9. The van der Waals surface area contributed by atoms with Crippen molar-refractivity contribution in [3.8, 4) is 0 Å². The van der Waals surface area contributed by atoms with E-state index >= 15 is 0 Å². The summed E-state index contributed by atoms with van der Waals surface area (Å²) in [6.45, 7) is 3.94. The number of carbonyl (C=O) groups excluding carboxylic acids is 1. The lowest BCUT2D eigenvalue weighted by Gasteiger charge is -2.14. The van der Waals surface area contributed by atoms with Gasteiger partial charge in [0.2, 0.25) is 5.91 Å². The van der Waals surface area contributed by atoms with Gasteiger partial charge in [0, 0.05) is 5.69 Å². The van der Waals surface area contributed by atoms with Gasteiger partial charge in [-0.2, -0.15) is 0 Å². The second-order valence-electron chi connectivity index (χ2n) is 5.40. The molecule has 1 saturated carbocycles. The van der Waals surface area contributed by atoms with Crippen molar-refractivity contribution < 1.29 is 14.7 Å². The first-order valence-electron chi connectivity index (χ1n) is 6.80. The van der Waals surface area contributed by atoms with Gasteiger partial charge in [-0.15, -0.1) is 0 Å². The number of hydrogen-bond acceptors (Lipinski definition) is 3. The lowest BCUT2D eigenvalue weighted by atomic mass is 10.1. The van der Waals surface area contributed by atoms with Gasteiger partial charge in [-0.3, -0.25) is 14.9 Å². The third kappa shape index (κ3) is 3.81. The van der Waals surface area contributed by atoms with Gasteiger partial charge < -0.3 is 10.4 Å². The maximum Gasteiger partial charge on any atom is 0.320 e. The predicted octanol–water partition coefficient (Wildman–Crippen LogP) is 1.69. The predicted molar refractivity (Wildman–Crippen MR) is 76.7 cm³/mol. The van der Waals surface area contributed by atoms with Crippen molar-refractivity contribution in [1.29, 1.82) is 0 Å². The first-order valence-corrected chi connectivity index (χ1v) is 6.80. The number of rotatable bonds is 6. The van der Waals surface area contributed by atoms with Gasteiger partial charge in [0.05, 0.1) is 6.54 Å². The first kappa shape index (κ1) is 14.5. The Labute approximate surface area is 118 Å². The molecule has 0 bridgehead atoms. The molecule has 0 heterocycles. The second kappa shape index (κ2) is 6.05. The number of nitrogens with one attached hydrogen (secondary N) is 2. The van der Waals surface area contributed by atoms with E-state index in [-0.39, 0.29) is 18.4 Å². The van der Waals surface area contributed by atoms with Gasteiger partial charge in [0.25, 0.3) is 0 Å². The fraction of sp³-hybridized carbons (Fsp3) is 0.467. The van der Waals surface area contributed by atoms with Crippen LogP contribution in [0.1, 0.15) is 24.0 Å². The Morgan fingerprint density at radius 1 is 1.35 bits per heavy atom. The van der Waals surface area contributed by atoms with Crippen molar-refractivity contribution in [3.05, 3.63) is 29.3 Å². The highest BCUT2D eigenvalue weighted by molar-refractivity contribution is 5.93. The molecule has 5 nitrogen and oxygen atoms in total. The Kier molecular flexibility index (Phi) is 4.39. The van der Waals surface area contributed by atoms with Gasteiger partial charge in [0.1, 0.15) is 6.04 Å². The molecule has 108 valence electrons. The summed E-state index contributed by atoms with van der Waals surface area (Å²) in [6, 6.07) is 5.17. The van der Waals surface area contributed by atoms with E-state index in [2.05, 4.69) is 10.6 Å². The number of amides is 1. The quantitative estimate of drug-likeness (QED) is 0.739. The highest BCUT2D eigenvalue weighted by Gasteiger charge is 2.36. The van der Waals surface area contributed by atoms with Gasteiger partial charge in [-0.05, 0) is 44.2 Å². The Morgan fingerprint density at radius 3 is 2.60 bits per heavy atom. The van der Waals surface area contributed by atoms with E-state index < -0.39 is 12.0 Å². The van der Waals surface area contributed by atoms with E-state index in [0.29, 0.717) is 0 Å². The molecule has 1 amide bonds. The van der Waals surface area contributed by atoms with Crippen molar-refractivity contribution in [2.75, 3.05) is 11.9 Å². The van der Waals surface area contributed by atoms with Crippen LogP contribution in [0.25, 0.3) is 0 Å². The number of carbonyl (C=O) groups is 2. The minimum absolute atomic E-state index is 0.0147. The third-order valence-corrected chi connectivity index (χ3v) is 3.50. The maximum atomic E-state index is 11.9. The van der Waals surface area contributed by atoms with E-state index in [1.54, 1.807) is 0 Å². The highest BCUT2D eigenvalue weighted by Crippen LogP contribution is 2.32. The average molecular weight is 276 g/mol. The molecule has 1 fully saturated rings. The normalized spacial score (nSPS) is 15.7. The van der Waals surface area contributed by atoms with Crippen LogP contribution in [0.5, 0.6) is 0 Å². The zero-order valence-corrected chi connectivity index (χ0v) is 11.8. The molecule has 0 aromatic heterocycles. The van der Waals surface area contributed by atoms with Crippen LogP contribution < -0.4 is 10.6 Å². The third-order valence-electron chi connectivity index (χ3n) is 3.50. The fourth-order valence-corrected chi connectivity index (χ4v) is 2.24. The molecule has 3 N–H and O–H groups in total. The Morgan fingerprint density at radius 2 is 2.05 bits per heavy atom. The van der Waals surface area contributed by atoms with Gasteiger partial charge in [0.15, 0.2) is 0 Å². The van der Waals surface area contributed by atoms with Crippen molar-refractivity contribution in [3.63, 3.8) is 0 Å². The summed E-state index contributed by atoms with van der Waals surface area (Å²) in [7, 11) is 0. The SMILES string of the molecule is Cc1ccc(NC(=O)CNC(C(=O)O)C2CC2)c(C)c1. The molecule has 0 spiro atoms. The molecule has 1 aliphatic carbocycles. The standard InChI is InChI=1S/C15H20N2O3/c1-9-3-6-12(10(2)7-9)17-13(18)8-16-14(15(19)20)11-4-5-11/h3,6-7,11,14,16H,4-5,8H2,1-2H3,(H,17,18)(H,19,20). The van der Waals surface area contributed by atoms with Crippen LogP contribution in [0.4, 0.5) is 5.69 Å². The van der Waals surface area contributed by atoms with Crippen LogP contribution in [0.2, 0.25) is 0 Å². The summed E-state index contributed by atoms with van der Waals surface area (Å²) in [5.41, 5.74) is 2.90. The topological polar surface area (TPSA) is 78.4 Å². The Balaban J connectivity index is 1.87. The zero-order chi connectivity index (χ0) is 14.7. The van der Waals surface area contributed by atoms with E-state index in [0.717, 1.165) is 29.7 Å². The lowest BCUT2D eigenvalue weighted by molar-refractivity contribution is -0.140. The van der Waals surface area contributed by atoms with Crippen molar-refractivity contribution in [2.24, 2.45) is 5.92 Å². The molecular weight excluding hydrogens is 256 g/mol. The van der Waals surface area contributed by atoms with Crippen LogP contribution in [0, 0.1) is 19.8 Å². The smallest absolute Gasteiger partial charge is 0.320 e. The molecule has 0 aliphatic heterocycles. The first-order chi connectivity index (χ1) is 9.47. The summed E-state index contributed by atoms with van der Waals surface area (Å²) < 4.78 is 0. The summed E-state index contributed by atoms with van der Waals surface area (Å²) in [5.74, 6) is -0.933. The van der Waals surface area contributed by atoms with Crippen LogP contribution in [0.3, 0.4) is 0 Å². The van der Waals surface area contributed by atoms with Crippen LogP contribution in [0.15, 0.2) is 18.2 Å². The number of aryl methyl sites for hydroxylation is 2. The summed E-state index contributed by atoms with van der Waals surface area (Å²) >= 11 is 0. The molecular formula is C15H20N2O3. The Bertz CT molecular complexity index is 524. The van der Waals surface area contributed by atoms with Crippen molar-refractivity contribution >= 4 is 17.6 Å². The number of hydrogen-bond donors (Lipinski definition) is 3. The van der Waals surface area contributed by atoms with Crippen LogP contribution in [-0.4, -0.2) is 29.6 Å². The number of carboxylic acids is 1. The molecule has 20 heavy (non-hydrogen) atoms. The van der Waals surface area contributed by atoms with Gasteiger partial charge in [-0.1, -0.05) is 17.7 Å². The summed E-state index contributed by atoms with van der Waals surface area (Å²) in [5, 5.41) is 14.7. The van der Waals surface area contributed by atoms with Gasteiger partial charge >= 0.3 is 5.97 Å². The fourth-order valence-electron chi connectivity index (χ4n) is 2.24. The number of carboxylic acid groups (broad SMARTS) is 1. The minimum Gasteiger partial charge on any atom is -0.480 e. The highest BCUT2D eigenvalue weighted by atomic mass is 16.4. The largest absolute Gasteiger partial charge is 0.480 e. The molecule has 1 aromatic rings. The number of benzene rings is 1. The molecule has 1 aliphatic rings. The number of aliphatic carboxylic acids is 1. The lowest BCUT2D eigenvalue weighted by Crippen LogP contribution is -2.42. The number of anilines is 1. The van der Waals surface area contributed by atoms with E-state index in [1.807, 2.05) is 32.0 Å². The molecule has 0 saturated heterocycles. The second-order valence-corrected chi connectivity index (χ2v) is 5.40. The Hall–Kier alpha value is -1.88. The van der Waals surface area contributed by atoms with Gasteiger partial charge in [-0.25, -0.2) is 0 Å². The molecule has 1 atom stereocenters. The molecule has 0 radical (unpaired) electrons. The van der Waals surface area contributed by atoms with E-state index in [9.17, 15) is 9.59 Å². The van der Waals surface area contributed by atoms with Crippen molar-refractivity contribution in [1.82, 2.24) is 5.32 Å². The molecule has 2 rings (SSSR count). The summed E-state index contributed by atoms with van der Waals surface area (Å²) in [4.78, 5) is 22.9. The average Bonchev–Trinajstić information content (AvgIpc) is 3.17. The summed E-state index contributed by atoms with van der Waals surface area (Å²) in [6.07, 6.45) is 1.84. The molecule has 5 heteroatoms. The van der Waals surface area contributed by atoms with E-state index in [1.165, 1.54) is 0 Å². The van der Waals surface area contributed by atoms with E-state index in [4.69, 9.17) is 5.11 Å².